The molecule has 35 heavy (non-hydrogen) atoms. The van der Waals surface area contributed by atoms with Crippen molar-refractivity contribution in [1.82, 2.24) is 0 Å². The number of carboxylic acids is 1. The van der Waals surface area contributed by atoms with Crippen LogP contribution >= 0.6 is 11.3 Å². The highest BCUT2D eigenvalue weighted by molar-refractivity contribution is 7.14. The third-order valence-electron chi connectivity index (χ3n) is 6.98. The number of ether oxygens (including phenoxy) is 1. The highest BCUT2D eigenvalue weighted by Crippen LogP contribution is 2.44. The van der Waals surface area contributed by atoms with E-state index in [0.717, 1.165) is 40.2 Å². The van der Waals surface area contributed by atoms with Crippen LogP contribution in [0.4, 0.5) is 0 Å². The van der Waals surface area contributed by atoms with Crippen LogP contribution in [0.25, 0.3) is 0 Å². The molecule has 1 unspecified atom stereocenters. The zero-order valence-corrected chi connectivity index (χ0v) is 22.8. The van der Waals surface area contributed by atoms with Crippen LogP contribution in [0.15, 0.2) is 24.3 Å². The van der Waals surface area contributed by atoms with Crippen molar-refractivity contribution >= 4 is 23.1 Å². The molecule has 0 radical (unpaired) electrons. The zero-order chi connectivity index (χ0) is 26.6. The summed E-state index contributed by atoms with van der Waals surface area (Å²) in [7, 11) is 0. The molecule has 2 rings (SSSR count). The van der Waals surface area contributed by atoms with Crippen molar-refractivity contribution < 1.29 is 29.6 Å². The van der Waals surface area contributed by atoms with Gasteiger partial charge in [0.15, 0.2) is 5.78 Å². The van der Waals surface area contributed by atoms with Crippen LogP contribution < -0.4 is 4.74 Å². The van der Waals surface area contributed by atoms with E-state index in [-0.39, 0.29) is 29.6 Å². The lowest BCUT2D eigenvalue weighted by Crippen LogP contribution is -2.32. The predicted molar refractivity (Wildman–Crippen MR) is 140 cm³/mol. The van der Waals surface area contributed by atoms with E-state index in [9.17, 15) is 24.9 Å². The van der Waals surface area contributed by atoms with E-state index < -0.39 is 24.6 Å². The van der Waals surface area contributed by atoms with Crippen molar-refractivity contribution in [3.63, 3.8) is 0 Å². The number of rotatable bonds is 12. The Hall–Kier alpha value is -2.22. The molecule has 1 aromatic carbocycles. The normalized spacial score (nSPS) is 14.0. The molecule has 0 fully saturated rings. The maximum atomic E-state index is 12.9. The second kappa shape index (κ2) is 11.7. The van der Waals surface area contributed by atoms with Gasteiger partial charge in [-0.15, -0.1) is 11.3 Å². The minimum Gasteiger partial charge on any atom is -0.491 e. The molecule has 0 spiro atoms. The number of hydrogen-bond donors (Lipinski definition) is 3. The van der Waals surface area contributed by atoms with Crippen LogP contribution in [0.3, 0.4) is 0 Å². The first kappa shape index (κ1) is 29.0. The molecular weight excluding hydrogens is 464 g/mol. The first-order valence-corrected chi connectivity index (χ1v) is 13.0. The average molecular weight is 505 g/mol. The van der Waals surface area contributed by atoms with Crippen molar-refractivity contribution in [2.75, 3.05) is 13.2 Å². The molecule has 2 atom stereocenters. The summed E-state index contributed by atoms with van der Waals surface area (Å²) in [6.07, 6.45) is 0.856. The standard InChI is InChI=1S/C28H40O6S/c1-8-28(9-2,20-10-11-22(17(3)12-20)34-16-23(31)27(5,6)7)24-13-18(4)25(35-24)21(30)14-19(15-29)26(32)33/h10-13,19,23,29,31H,8-9,14-16H2,1-7H3,(H,32,33)/t19-,23?/m0/s1. The molecule has 0 aliphatic carbocycles. The largest absolute Gasteiger partial charge is 0.491 e. The van der Waals surface area contributed by atoms with Crippen molar-refractivity contribution in [2.45, 2.75) is 79.2 Å². The lowest BCUT2D eigenvalue weighted by molar-refractivity contribution is -0.142. The Morgan fingerprint density at radius 3 is 2.17 bits per heavy atom. The van der Waals surface area contributed by atoms with Crippen LogP contribution in [-0.2, 0) is 10.2 Å². The molecule has 0 saturated heterocycles. The molecule has 7 heteroatoms. The number of carbonyl (C=O) groups excluding carboxylic acids is 1. The van der Waals surface area contributed by atoms with Gasteiger partial charge >= 0.3 is 5.97 Å². The lowest BCUT2D eigenvalue weighted by atomic mass is 9.74. The Morgan fingerprint density at radius 2 is 1.69 bits per heavy atom. The second-order valence-corrected chi connectivity index (χ2v) is 11.5. The van der Waals surface area contributed by atoms with Gasteiger partial charge in [-0.1, -0.05) is 46.8 Å². The Labute approximate surface area is 213 Å². The predicted octanol–water partition coefficient (Wildman–Crippen LogP) is 5.52. The summed E-state index contributed by atoms with van der Waals surface area (Å²) in [5.74, 6) is -1.78. The molecule has 0 saturated carbocycles. The van der Waals surface area contributed by atoms with E-state index in [2.05, 4.69) is 26.0 Å². The number of aliphatic carboxylic acids is 1. The fourth-order valence-corrected chi connectivity index (χ4v) is 5.69. The number of carbonyl (C=O) groups is 2. The Balaban J connectivity index is 2.38. The number of thiophene rings is 1. The molecule has 0 aliphatic heterocycles. The first-order chi connectivity index (χ1) is 16.3. The molecule has 0 amide bonds. The smallest absolute Gasteiger partial charge is 0.309 e. The van der Waals surface area contributed by atoms with E-state index in [0.29, 0.717) is 4.88 Å². The number of hydrogen-bond acceptors (Lipinski definition) is 6. The summed E-state index contributed by atoms with van der Waals surface area (Å²) in [5.41, 5.74) is 2.37. The van der Waals surface area contributed by atoms with Gasteiger partial charge in [0.1, 0.15) is 12.4 Å². The summed E-state index contributed by atoms with van der Waals surface area (Å²) in [6, 6.07) is 8.17. The van der Waals surface area contributed by atoms with Crippen LogP contribution in [0.2, 0.25) is 0 Å². The zero-order valence-electron chi connectivity index (χ0n) is 22.0. The molecule has 6 nitrogen and oxygen atoms in total. The minimum atomic E-state index is -1.17. The van der Waals surface area contributed by atoms with Crippen LogP contribution in [0.5, 0.6) is 5.75 Å². The van der Waals surface area contributed by atoms with E-state index >= 15 is 0 Å². The molecule has 194 valence electrons. The third-order valence-corrected chi connectivity index (χ3v) is 8.46. The third kappa shape index (κ3) is 6.51. The topological polar surface area (TPSA) is 104 Å². The van der Waals surface area contributed by atoms with E-state index in [1.165, 1.54) is 11.3 Å². The number of benzene rings is 1. The number of aliphatic hydroxyl groups is 2. The fourth-order valence-electron chi connectivity index (χ4n) is 4.22. The summed E-state index contributed by atoms with van der Waals surface area (Å²) in [5, 5.41) is 28.9. The highest BCUT2D eigenvalue weighted by atomic mass is 32.1. The molecular formula is C28H40O6S. The van der Waals surface area contributed by atoms with Gasteiger partial charge in [-0.2, -0.15) is 0 Å². The fraction of sp³-hybridized carbons (Fsp3) is 0.571. The van der Waals surface area contributed by atoms with Crippen molar-refractivity contribution in [2.24, 2.45) is 11.3 Å². The van der Waals surface area contributed by atoms with E-state index in [1.54, 1.807) is 0 Å². The number of ketones is 1. The summed E-state index contributed by atoms with van der Waals surface area (Å²) in [4.78, 5) is 25.8. The molecule has 1 aromatic heterocycles. The van der Waals surface area contributed by atoms with Gasteiger partial charge in [-0.3, -0.25) is 9.59 Å². The van der Waals surface area contributed by atoms with Crippen LogP contribution in [0, 0.1) is 25.2 Å². The first-order valence-electron chi connectivity index (χ1n) is 12.2. The number of Topliss-reactive ketones (excluding diaryl/α,β-unsaturated/α-hetero) is 1. The average Bonchev–Trinajstić information content (AvgIpc) is 3.18. The van der Waals surface area contributed by atoms with Gasteiger partial charge in [0.25, 0.3) is 0 Å². The van der Waals surface area contributed by atoms with Crippen molar-refractivity contribution in [3.8, 4) is 5.75 Å². The van der Waals surface area contributed by atoms with Gasteiger partial charge in [0.2, 0.25) is 0 Å². The summed E-state index contributed by atoms with van der Waals surface area (Å²) >= 11 is 1.42. The SMILES string of the molecule is CCC(CC)(c1ccc(OCC(O)C(C)(C)C)c(C)c1)c1cc(C)c(C(=O)C[C@@H](CO)C(=O)O)s1. The maximum absolute atomic E-state index is 12.9. The van der Waals surface area contributed by atoms with Crippen LogP contribution in [-0.4, -0.2) is 46.4 Å². The lowest BCUT2D eigenvalue weighted by Gasteiger charge is -2.32. The number of aliphatic hydroxyl groups excluding tert-OH is 2. The Morgan fingerprint density at radius 1 is 1.06 bits per heavy atom. The quantitative estimate of drug-likeness (QED) is 0.329. The Kier molecular flexibility index (Phi) is 9.68. The van der Waals surface area contributed by atoms with Crippen molar-refractivity contribution in [3.05, 3.63) is 50.7 Å². The maximum Gasteiger partial charge on any atom is 0.309 e. The van der Waals surface area contributed by atoms with E-state index in [4.69, 9.17) is 4.74 Å². The van der Waals surface area contributed by atoms with Gasteiger partial charge in [-0.25, -0.2) is 0 Å². The summed E-state index contributed by atoms with van der Waals surface area (Å²) in [6.45, 7) is 13.7. The van der Waals surface area contributed by atoms with Gasteiger partial charge in [0.05, 0.1) is 23.5 Å². The molecule has 3 N–H and O–H groups in total. The van der Waals surface area contributed by atoms with Gasteiger partial charge in [0, 0.05) is 16.7 Å². The van der Waals surface area contributed by atoms with E-state index in [1.807, 2.05) is 46.8 Å². The molecule has 0 bridgehead atoms. The van der Waals surface area contributed by atoms with Crippen LogP contribution in [0.1, 0.15) is 85.1 Å². The second-order valence-electron chi connectivity index (χ2n) is 10.4. The number of carboxylic acid groups (broad SMARTS) is 1. The monoisotopic (exact) mass is 504 g/mol. The molecule has 2 aromatic rings. The minimum absolute atomic E-state index is 0.219. The summed E-state index contributed by atoms with van der Waals surface area (Å²) < 4.78 is 5.93. The van der Waals surface area contributed by atoms with Gasteiger partial charge < -0.3 is 20.1 Å². The number of aryl methyl sites for hydroxylation is 2. The molecule has 0 aliphatic rings. The highest BCUT2D eigenvalue weighted by Gasteiger charge is 2.34. The van der Waals surface area contributed by atoms with Crippen molar-refractivity contribution in [1.29, 1.82) is 0 Å². The Bertz CT molecular complexity index is 1030. The van der Waals surface area contributed by atoms with Gasteiger partial charge in [-0.05, 0) is 60.9 Å². The molecule has 1 heterocycles.